The van der Waals surface area contributed by atoms with Gasteiger partial charge in [0.15, 0.2) is 5.54 Å². The van der Waals surface area contributed by atoms with Crippen LogP contribution in [0.5, 0.6) is 0 Å². The Labute approximate surface area is 92.0 Å². The number of methoxy groups -OCH3 is 1. The van der Waals surface area contributed by atoms with Crippen LogP contribution in [0, 0.1) is 0 Å². The Bertz CT molecular complexity index is 372. The van der Waals surface area contributed by atoms with Crippen molar-refractivity contribution in [2.45, 2.75) is 5.54 Å². The number of hydrogen-bond acceptors (Lipinski definition) is 3. The molecule has 15 heavy (non-hydrogen) atoms. The standard InChI is InChI=1S/C10H11ClFNO2/c1-15-9(14)10(13,6-12)7-4-2-3-5-8(7)11/h2-5H,6,13H2,1H3. The lowest BCUT2D eigenvalue weighted by molar-refractivity contribution is -0.148. The van der Waals surface area contributed by atoms with Crippen LogP contribution in [-0.2, 0) is 15.1 Å². The van der Waals surface area contributed by atoms with Crippen LogP contribution in [0.1, 0.15) is 5.56 Å². The van der Waals surface area contributed by atoms with E-state index in [0.29, 0.717) is 0 Å². The fourth-order valence-corrected chi connectivity index (χ4v) is 1.55. The highest BCUT2D eigenvalue weighted by atomic mass is 35.5. The topological polar surface area (TPSA) is 52.3 Å². The summed E-state index contributed by atoms with van der Waals surface area (Å²) in [6.07, 6.45) is 0. The zero-order valence-corrected chi connectivity index (χ0v) is 8.92. The van der Waals surface area contributed by atoms with Crippen molar-refractivity contribution < 1.29 is 13.9 Å². The van der Waals surface area contributed by atoms with Crippen molar-refractivity contribution in [2.75, 3.05) is 13.8 Å². The van der Waals surface area contributed by atoms with E-state index in [4.69, 9.17) is 17.3 Å². The van der Waals surface area contributed by atoms with Gasteiger partial charge < -0.3 is 10.5 Å². The molecule has 2 N–H and O–H groups in total. The Kier molecular flexibility index (Phi) is 3.66. The third-order valence-electron chi connectivity index (χ3n) is 2.11. The van der Waals surface area contributed by atoms with Gasteiger partial charge in [-0.1, -0.05) is 29.8 Å². The zero-order chi connectivity index (χ0) is 11.5. The van der Waals surface area contributed by atoms with Gasteiger partial charge in [0.1, 0.15) is 6.67 Å². The second-order valence-electron chi connectivity index (χ2n) is 3.08. The predicted molar refractivity (Wildman–Crippen MR) is 55.3 cm³/mol. The second kappa shape index (κ2) is 4.59. The lowest BCUT2D eigenvalue weighted by Gasteiger charge is -2.24. The molecule has 0 spiro atoms. The van der Waals surface area contributed by atoms with Gasteiger partial charge in [-0.15, -0.1) is 0 Å². The fourth-order valence-electron chi connectivity index (χ4n) is 1.24. The minimum absolute atomic E-state index is 0.223. The first-order chi connectivity index (χ1) is 7.06. The molecule has 1 unspecified atom stereocenters. The normalized spacial score (nSPS) is 14.4. The van der Waals surface area contributed by atoms with Crippen molar-refractivity contribution in [3.05, 3.63) is 34.9 Å². The molecule has 0 bridgehead atoms. The molecule has 82 valence electrons. The molecule has 1 aromatic carbocycles. The number of carbonyl (C=O) groups excluding carboxylic acids is 1. The van der Waals surface area contributed by atoms with Crippen LogP contribution < -0.4 is 5.73 Å². The van der Waals surface area contributed by atoms with E-state index < -0.39 is 18.2 Å². The summed E-state index contributed by atoms with van der Waals surface area (Å²) in [5.74, 6) is -0.849. The molecular weight excluding hydrogens is 221 g/mol. The first-order valence-electron chi connectivity index (χ1n) is 4.24. The molecule has 1 aromatic rings. The molecule has 0 aliphatic rings. The minimum Gasteiger partial charge on any atom is -0.467 e. The highest BCUT2D eigenvalue weighted by molar-refractivity contribution is 6.31. The molecule has 0 saturated heterocycles. The number of hydrogen-bond donors (Lipinski definition) is 1. The molecule has 3 nitrogen and oxygen atoms in total. The van der Waals surface area contributed by atoms with E-state index in [9.17, 15) is 9.18 Å². The van der Waals surface area contributed by atoms with Gasteiger partial charge in [0.2, 0.25) is 0 Å². The number of halogens is 2. The summed E-state index contributed by atoms with van der Waals surface area (Å²) in [6.45, 7) is -1.07. The summed E-state index contributed by atoms with van der Waals surface area (Å²) in [4.78, 5) is 11.4. The van der Waals surface area contributed by atoms with Gasteiger partial charge in [-0.25, -0.2) is 9.18 Å². The van der Waals surface area contributed by atoms with Crippen LogP contribution in [0.4, 0.5) is 4.39 Å². The SMILES string of the molecule is COC(=O)C(N)(CF)c1ccccc1Cl. The molecule has 0 aliphatic heterocycles. The quantitative estimate of drug-likeness (QED) is 0.805. The average Bonchev–Trinajstić information content (AvgIpc) is 2.27. The summed E-state index contributed by atoms with van der Waals surface area (Å²) >= 11 is 5.83. The maximum Gasteiger partial charge on any atom is 0.333 e. The van der Waals surface area contributed by atoms with E-state index in [1.807, 2.05) is 0 Å². The van der Waals surface area contributed by atoms with Gasteiger partial charge >= 0.3 is 5.97 Å². The van der Waals surface area contributed by atoms with Gasteiger partial charge in [0.25, 0.3) is 0 Å². The summed E-state index contributed by atoms with van der Waals surface area (Å²) in [7, 11) is 1.15. The smallest absolute Gasteiger partial charge is 0.333 e. The minimum atomic E-state index is -1.83. The Hall–Kier alpha value is -1.13. The third kappa shape index (κ3) is 2.11. The lowest BCUT2D eigenvalue weighted by Crippen LogP contribution is -2.48. The van der Waals surface area contributed by atoms with E-state index in [-0.39, 0.29) is 10.6 Å². The zero-order valence-electron chi connectivity index (χ0n) is 8.17. The lowest BCUT2D eigenvalue weighted by atomic mass is 9.92. The predicted octanol–water partition coefficient (Wildman–Crippen LogP) is 1.64. The van der Waals surface area contributed by atoms with Crippen LogP contribution in [-0.4, -0.2) is 19.8 Å². The summed E-state index contributed by atoms with van der Waals surface area (Å²) in [5.41, 5.74) is 4.04. The highest BCUT2D eigenvalue weighted by Gasteiger charge is 2.39. The largest absolute Gasteiger partial charge is 0.467 e. The van der Waals surface area contributed by atoms with Crippen LogP contribution in [0.2, 0.25) is 5.02 Å². The summed E-state index contributed by atoms with van der Waals surface area (Å²) in [5, 5.41) is 0.239. The van der Waals surface area contributed by atoms with Crippen molar-refractivity contribution in [1.29, 1.82) is 0 Å². The number of carbonyl (C=O) groups is 1. The molecule has 0 amide bonds. The van der Waals surface area contributed by atoms with Gasteiger partial charge in [0, 0.05) is 10.6 Å². The van der Waals surface area contributed by atoms with Gasteiger partial charge in [-0.2, -0.15) is 0 Å². The molecule has 1 atom stereocenters. The van der Waals surface area contributed by atoms with Crippen LogP contribution in [0.25, 0.3) is 0 Å². The number of nitrogens with two attached hydrogens (primary N) is 1. The summed E-state index contributed by atoms with van der Waals surface area (Å²) in [6, 6.07) is 6.33. The van der Waals surface area contributed by atoms with Crippen molar-refractivity contribution in [1.82, 2.24) is 0 Å². The van der Waals surface area contributed by atoms with Crippen molar-refractivity contribution >= 4 is 17.6 Å². The Morgan fingerprint density at radius 2 is 2.20 bits per heavy atom. The second-order valence-corrected chi connectivity index (χ2v) is 3.48. The van der Waals surface area contributed by atoms with Crippen molar-refractivity contribution in [3.63, 3.8) is 0 Å². The van der Waals surface area contributed by atoms with E-state index in [1.54, 1.807) is 12.1 Å². The molecule has 0 saturated carbocycles. The Morgan fingerprint density at radius 3 is 2.67 bits per heavy atom. The Balaban J connectivity index is 3.23. The molecule has 0 radical (unpaired) electrons. The third-order valence-corrected chi connectivity index (χ3v) is 2.44. The number of esters is 1. The van der Waals surface area contributed by atoms with E-state index in [0.717, 1.165) is 7.11 Å². The van der Waals surface area contributed by atoms with E-state index in [1.165, 1.54) is 12.1 Å². The summed E-state index contributed by atoms with van der Waals surface area (Å²) < 4.78 is 17.3. The molecule has 0 aliphatic carbocycles. The highest BCUT2D eigenvalue weighted by Crippen LogP contribution is 2.27. The van der Waals surface area contributed by atoms with Gasteiger partial charge in [-0.3, -0.25) is 0 Å². The maximum absolute atomic E-state index is 12.9. The van der Waals surface area contributed by atoms with Crippen LogP contribution in [0.3, 0.4) is 0 Å². The van der Waals surface area contributed by atoms with E-state index in [2.05, 4.69) is 4.74 Å². The molecule has 0 aromatic heterocycles. The number of rotatable bonds is 3. The van der Waals surface area contributed by atoms with Gasteiger partial charge in [-0.05, 0) is 6.07 Å². The van der Waals surface area contributed by atoms with Crippen molar-refractivity contribution in [2.24, 2.45) is 5.73 Å². The van der Waals surface area contributed by atoms with Crippen molar-refractivity contribution in [3.8, 4) is 0 Å². The monoisotopic (exact) mass is 231 g/mol. The van der Waals surface area contributed by atoms with Crippen LogP contribution >= 0.6 is 11.6 Å². The molecule has 0 fully saturated rings. The fraction of sp³-hybridized carbons (Fsp3) is 0.300. The number of ether oxygens (including phenoxy) is 1. The first-order valence-corrected chi connectivity index (χ1v) is 4.62. The number of alkyl halides is 1. The molecular formula is C10H11ClFNO2. The number of benzene rings is 1. The van der Waals surface area contributed by atoms with E-state index >= 15 is 0 Å². The Morgan fingerprint density at radius 1 is 1.60 bits per heavy atom. The molecule has 0 heterocycles. The van der Waals surface area contributed by atoms with Gasteiger partial charge in [0.05, 0.1) is 7.11 Å². The molecule has 1 rings (SSSR count). The first kappa shape index (κ1) is 11.9. The average molecular weight is 232 g/mol. The van der Waals surface area contributed by atoms with Crippen LogP contribution in [0.15, 0.2) is 24.3 Å². The maximum atomic E-state index is 12.9. The molecule has 5 heteroatoms.